The highest BCUT2D eigenvalue weighted by Gasteiger charge is 2.23. The number of hydrogen-bond acceptors (Lipinski definition) is 6. The molecule has 0 unspecified atom stereocenters. The van der Waals surface area contributed by atoms with Crippen molar-refractivity contribution in [1.29, 1.82) is 0 Å². The number of carbonyl (C=O) groups is 1. The molecule has 0 saturated carbocycles. The maximum absolute atomic E-state index is 12.8. The molecule has 1 amide bonds. The number of hydrogen-bond donors (Lipinski definition) is 1. The molecule has 8 heteroatoms. The van der Waals surface area contributed by atoms with Crippen LogP contribution in [0.1, 0.15) is 29.8 Å². The van der Waals surface area contributed by atoms with Gasteiger partial charge in [-0.15, -0.1) is 5.10 Å². The average molecular weight is 365 g/mol. The van der Waals surface area contributed by atoms with Crippen LogP contribution in [-0.2, 0) is 6.42 Å². The minimum absolute atomic E-state index is 0.119. The predicted octanol–water partition coefficient (Wildman–Crippen LogP) is 2.64. The van der Waals surface area contributed by atoms with Crippen LogP contribution in [-0.4, -0.2) is 38.8 Å². The standard InChI is InChI=1S/C19H19N5O3/c1-3-26-18-9-14-7-12(2)27-17(14)10-16(18)21-19(25)13-5-4-6-15(8-13)24-11-20-22-23-24/h4-6,8-12H,3,7H2,1-2H3,(H,21,25)/t12-/m0/s1. The predicted molar refractivity (Wildman–Crippen MR) is 98.5 cm³/mol. The Morgan fingerprint density at radius 2 is 2.26 bits per heavy atom. The van der Waals surface area contributed by atoms with Crippen LogP contribution in [0.4, 0.5) is 5.69 Å². The summed E-state index contributed by atoms with van der Waals surface area (Å²) in [7, 11) is 0. The highest BCUT2D eigenvalue weighted by Crippen LogP contribution is 2.38. The monoisotopic (exact) mass is 365 g/mol. The molecule has 3 aromatic rings. The largest absolute Gasteiger partial charge is 0.492 e. The number of fused-ring (bicyclic) bond motifs is 1. The van der Waals surface area contributed by atoms with Crippen LogP contribution in [0.2, 0.25) is 0 Å². The SMILES string of the molecule is CCOc1cc2c(cc1NC(=O)c1cccc(-n3cnnn3)c1)O[C@@H](C)C2. The number of carbonyl (C=O) groups excluding carboxylic acids is 1. The second-order valence-electron chi connectivity index (χ2n) is 6.28. The summed E-state index contributed by atoms with van der Waals surface area (Å²) < 4.78 is 13.0. The van der Waals surface area contributed by atoms with Crippen molar-refractivity contribution in [2.24, 2.45) is 0 Å². The van der Waals surface area contributed by atoms with Gasteiger partial charge >= 0.3 is 0 Å². The second kappa shape index (κ2) is 7.06. The summed E-state index contributed by atoms with van der Waals surface area (Å²) in [6, 6.07) is 10.8. The number of amides is 1. The van der Waals surface area contributed by atoms with E-state index in [1.165, 1.54) is 11.0 Å². The molecule has 4 rings (SSSR count). The highest BCUT2D eigenvalue weighted by molar-refractivity contribution is 6.05. The van der Waals surface area contributed by atoms with Crippen molar-refractivity contribution < 1.29 is 14.3 Å². The normalized spacial score (nSPS) is 15.1. The number of nitrogens with zero attached hydrogens (tertiary/aromatic N) is 4. The highest BCUT2D eigenvalue weighted by atomic mass is 16.5. The minimum Gasteiger partial charge on any atom is -0.492 e. The van der Waals surface area contributed by atoms with Crippen LogP contribution in [0.15, 0.2) is 42.7 Å². The number of aromatic nitrogens is 4. The zero-order valence-electron chi connectivity index (χ0n) is 15.0. The van der Waals surface area contributed by atoms with Crippen molar-refractivity contribution in [2.45, 2.75) is 26.4 Å². The lowest BCUT2D eigenvalue weighted by Crippen LogP contribution is -2.13. The van der Waals surface area contributed by atoms with E-state index in [9.17, 15) is 4.79 Å². The van der Waals surface area contributed by atoms with E-state index in [1.54, 1.807) is 18.2 Å². The van der Waals surface area contributed by atoms with Gasteiger partial charge in [-0.25, -0.2) is 4.68 Å². The molecule has 1 aromatic heterocycles. The van der Waals surface area contributed by atoms with Crippen molar-refractivity contribution in [3.05, 3.63) is 53.9 Å². The number of anilines is 1. The maximum atomic E-state index is 12.8. The van der Waals surface area contributed by atoms with E-state index in [1.807, 2.05) is 32.0 Å². The topological polar surface area (TPSA) is 91.2 Å². The Morgan fingerprint density at radius 3 is 3.04 bits per heavy atom. The van der Waals surface area contributed by atoms with Gasteiger partial charge in [-0.05, 0) is 48.5 Å². The Kier molecular flexibility index (Phi) is 4.45. The molecule has 0 aliphatic carbocycles. The Labute approximate surface area is 156 Å². The molecule has 8 nitrogen and oxygen atoms in total. The molecular weight excluding hydrogens is 346 g/mol. The first-order valence-electron chi connectivity index (χ1n) is 8.75. The third-order valence-electron chi connectivity index (χ3n) is 4.27. The zero-order valence-corrected chi connectivity index (χ0v) is 15.0. The van der Waals surface area contributed by atoms with Gasteiger partial charge < -0.3 is 14.8 Å². The minimum atomic E-state index is -0.253. The lowest BCUT2D eigenvalue weighted by Gasteiger charge is -2.14. The fourth-order valence-corrected chi connectivity index (χ4v) is 3.08. The maximum Gasteiger partial charge on any atom is 0.255 e. The van der Waals surface area contributed by atoms with Gasteiger partial charge in [0.1, 0.15) is 23.9 Å². The van der Waals surface area contributed by atoms with Crippen LogP contribution in [0.5, 0.6) is 11.5 Å². The first-order valence-corrected chi connectivity index (χ1v) is 8.75. The van der Waals surface area contributed by atoms with Crippen LogP contribution >= 0.6 is 0 Å². The molecular formula is C19H19N5O3. The Morgan fingerprint density at radius 1 is 1.37 bits per heavy atom. The average Bonchev–Trinajstić information content (AvgIpc) is 3.31. The van der Waals surface area contributed by atoms with Gasteiger partial charge in [0.15, 0.2) is 0 Å². The van der Waals surface area contributed by atoms with Gasteiger partial charge in [-0.1, -0.05) is 6.07 Å². The van der Waals surface area contributed by atoms with E-state index in [-0.39, 0.29) is 12.0 Å². The van der Waals surface area contributed by atoms with Gasteiger partial charge in [0, 0.05) is 23.6 Å². The smallest absolute Gasteiger partial charge is 0.255 e. The van der Waals surface area contributed by atoms with E-state index < -0.39 is 0 Å². The molecule has 2 aromatic carbocycles. The quantitative estimate of drug-likeness (QED) is 0.747. The van der Waals surface area contributed by atoms with Gasteiger partial charge in [-0.3, -0.25) is 4.79 Å². The molecule has 1 atom stereocenters. The Bertz CT molecular complexity index is 971. The molecule has 27 heavy (non-hydrogen) atoms. The van der Waals surface area contributed by atoms with Crippen LogP contribution in [0.25, 0.3) is 5.69 Å². The third kappa shape index (κ3) is 3.46. The van der Waals surface area contributed by atoms with Crippen molar-refractivity contribution in [3.63, 3.8) is 0 Å². The summed E-state index contributed by atoms with van der Waals surface area (Å²) in [5.74, 6) is 1.17. The molecule has 1 aliphatic rings. The fraction of sp³-hybridized carbons (Fsp3) is 0.263. The summed E-state index contributed by atoms with van der Waals surface area (Å²) >= 11 is 0. The van der Waals surface area contributed by atoms with E-state index in [2.05, 4.69) is 20.8 Å². The summed E-state index contributed by atoms with van der Waals surface area (Å²) in [6.07, 6.45) is 2.43. The van der Waals surface area contributed by atoms with Crippen molar-refractivity contribution in [3.8, 4) is 17.2 Å². The van der Waals surface area contributed by atoms with Crippen LogP contribution in [0.3, 0.4) is 0 Å². The number of tetrazole rings is 1. The molecule has 2 heterocycles. The van der Waals surface area contributed by atoms with Crippen molar-refractivity contribution in [1.82, 2.24) is 20.2 Å². The number of nitrogens with one attached hydrogen (secondary N) is 1. The Hall–Kier alpha value is -3.42. The lowest BCUT2D eigenvalue weighted by molar-refractivity contribution is 0.102. The number of ether oxygens (including phenoxy) is 2. The summed E-state index contributed by atoms with van der Waals surface area (Å²) in [5, 5.41) is 14.0. The van der Waals surface area contributed by atoms with Gasteiger partial charge in [-0.2, -0.15) is 0 Å². The molecule has 138 valence electrons. The molecule has 1 aliphatic heterocycles. The molecule has 0 saturated heterocycles. The van der Waals surface area contributed by atoms with E-state index in [0.717, 1.165) is 17.7 Å². The summed E-state index contributed by atoms with van der Waals surface area (Å²) in [6.45, 7) is 4.43. The summed E-state index contributed by atoms with van der Waals surface area (Å²) in [4.78, 5) is 12.8. The number of benzene rings is 2. The van der Waals surface area contributed by atoms with Crippen molar-refractivity contribution >= 4 is 11.6 Å². The van der Waals surface area contributed by atoms with E-state index >= 15 is 0 Å². The number of rotatable bonds is 5. The molecule has 0 spiro atoms. The van der Waals surface area contributed by atoms with E-state index in [4.69, 9.17) is 9.47 Å². The van der Waals surface area contributed by atoms with Gasteiger partial charge in [0.25, 0.3) is 5.91 Å². The van der Waals surface area contributed by atoms with Crippen molar-refractivity contribution in [2.75, 3.05) is 11.9 Å². The fourth-order valence-electron chi connectivity index (χ4n) is 3.08. The summed E-state index contributed by atoms with van der Waals surface area (Å²) in [5.41, 5.74) is 2.86. The first kappa shape index (κ1) is 17.0. The molecule has 0 radical (unpaired) electrons. The third-order valence-corrected chi connectivity index (χ3v) is 4.27. The molecule has 0 fully saturated rings. The molecule has 1 N–H and O–H groups in total. The zero-order chi connectivity index (χ0) is 18.8. The molecule has 0 bridgehead atoms. The van der Waals surface area contributed by atoms with E-state index in [0.29, 0.717) is 29.3 Å². The second-order valence-corrected chi connectivity index (χ2v) is 6.28. The van der Waals surface area contributed by atoms with Gasteiger partial charge in [0.2, 0.25) is 0 Å². The van der Waals surface area contributed by atoms with Crippen LogP contribution in [0, 0.1) is 0 Å². The lowest BCUT2D eigenvalue weighted by atomic mass is 10.1. The van der Waals surface area contributed by atoms with Crippen LogP contribution < -0.4 is 14.8 Å². The van der Waals surface area contributed by atoms with Gasteiger partial charge in [0.05, 0.1) is 18.0 Å². The first-order chi connectivity index (χ1) is 13.1. The Balaban J connectivity index is 1.61.